The molecule has 4 saturated heterocycles. The molecule has 23 rings (SSSR count). The molecule has 0 amide bonds. The van der Waals surface area contributed by atoms with Crippen molar-refractivity contribution in [2.75, 3.05) is 125 Å². The van der Waals surface area contributed by atoms with Gasteiger partial charge in [0.15, 0.2) is 11.5 Å². The van der Waals surface area contributed by atoms with Crippen molar-refractivity contribution in [3.8, 4) is 50.3 Å². The van der Waals surface area contributed by atoms with E-state index in [1.807, 2.05) is 133 Å². The number of methoxy groups -OCH3 is 1. The molecule has 17 aromatic rings. The fraction of sp³-hybridized carbons (Fsp3) is 0.361. The lowest BCUT2D eigenvalue weighted by atomic mass is 9.88. The number of aliphatic imine (C=N–C) groups is 2. The molecule has 27 heteroatoms. The van der Waals surface area contributed by atoms with Gasteiger partial charge < -0.3 is 90.9 Å². The number of aromatic nitrogens is 2. The predicted molar refractivity (Wildman–Crippen MR) is 584 cm³/mol. The molecule has 0 saturated carbocycles. The molecule has 4 fully saturated rings. The molecule has 146 heavy (non-hydrogen) atoms. The molecule has 0 spiro atoms. The minimum Gasteiger partial charge on any atom is -0.497 e. The number of ether oxygens (including phenoxy) is 7. The zero-order valence-electron chi connectivity index (χ0n) is 83.6. The van der Waals surface area contributed by atoms with E-state index >= 15 is 0 Å². The first kappa shape index (κ1) is 101. The summed E-state index contributed by atoms with van der Waals surface area (Å²) in [5.74, 6) is 11.1. The Kier molecular flexibility index (Phi) is 31.6. The number of hydrogen-bond acceptors (Lipinski definition) is 25. The number of rotatable bonds is 29. The number of β-amino-alcohol motifs (C(OH)–C–C–N with tert-alkyl or cyclic N) is 4. The van der Waals surface area contributed by atoms with E-state index in [0.29, 0.717) is 131 Å². The number of piperidine rings is 4. The molecule has 0 aliphatic carbocycles. The molecule has 0 unspecified atom stereocenters. The fourth-order valence-corrected chi connectivity index (χ4v) is 23.0. The Balaban J connectivity index is 0.000000118. The SMILES string of the molecule is CC1(C)COC(c2cc3c(OC[C@@H](O)CN4CCC(c5ccc(Cl)c(Cl)c5)CC4)cccc3o2)=N1.CC1(C)COC(c2cc3c(OC[C@@H](O)CN4CCC(c5ccc6ccccc6c5)CC4)cccc3o2)=N1.COc1ccc2cc(C3CCN(C[C@H](O)COc4cccc5sc(-c6ncc(C)o6)cc45)CC3)ccc2c1.Cc1cnc(-c2cc3c(OC[C@@H](O)CN4CCC(c5ccc6ccccc6c5)CC4)cccc3s2)o1. The molecular formula is C119H126Cl2N8O15S2. The molecule has 23 nitrogen and oxygen atoms in total. The maximum absolute atomic E-state index is 10.8. The van der Waals surface area contributed by atoms with E-state index in [1.54, 1.807) is 42.2 Å². The Morgan fingerprint density at radius 1 is 0.363 bits per heavy atom. The number of benzene rings is 11. The monoisotopic (exact) mass is 2040 g/mol. The van der Waals surface area contributed by atoms with Crippen molar-refractivity contribution in [1.29, 1.82) is 0 Å². The second-order valence-corrected chi connectivity index (χ2v) is 43.7. The number of oxazole rings is 2. The normalized spacial score (nSPS) is 17.6. The molecule has 4 N–H and O–H groups in total. The van der Waals surface area contributed by atoms with Gasteiger partial charge in [-0.15, -0.1) is 22.7 Å². The Bertz CT molecular complexity index is 7440. The molecule has 4 atom stereocenters. The Hall–Kier alpha value is -12.2. The quantitative estimate of drug-likeness (QED) is 0.0339. The largest absolute Gasteiger partial charge is 0.497 e. The number of fused-ring (bicyclic) bond motifs is 7. The van der Waals surface area contributed by atoms with Gasteiger partial charge >= 0.3 is 0 Å². The van der Waals surface area contributed by atoms with Gasteiger partial charge in [-0.1, -0.05) is 163 Å². The number of halogens is 2. The van der Waals surface area contributed by atoms with Gasteiger partial charge in [0.25, 0.3) is 11.8 Å². The number of aliphatic hydroxyl groups excluding tert-OH is 4. The van der Waals surface area contributed by atoms with E-state index in [0.717, 1.165) is 173 Å². The molecule has 0 radical (unpaired) electrons. The predicted octanol–water partition coefficient (Wildman–Crippen LogP) is 25.0. The van der Waals surface area contributed by atoms with Crippen LogP contribution in [0.15, 0.2) is 277 Å². The van der Waals surface area contributed by atoms with Gasteiger partial charge in [0, 0.05) is 58.5 Å². The highest BCUT2D eigenvalue weighted by molar-refractivity contribution is 7.22. The second kappa shape index (κ2) is 45.7. The summed E-state index contributed by atoms with van der Waals surface area (Å²) in [6.07, 6.45) is 9.87. The zero-order valence-corrected chi connectivity index (χ0v) is 86.7. The Morgan fingerprint density at radius 2 is 0.699 bits per heavy atom. The number of nitrogens with zero attached hydrogens (tertiary/aromatic N) is 8. The van der Waals surface area contributed by atoms with Crippen LogP contribution in [0, 0.1) is 13.8 Å². The average Bonchev–Trinajstić information content (AvgIpc) is 1.65. The molecule has 758 valence electrons. The van der Waals surface area contributed by atoms with E-state index in [1.165, 1.54) is 54.6 Å². The lowest BCUT2D eigenvalue weighted by Crippen LogP contribution is -2.40. The summed E-state index contributed by atoms with van der Waals surface area (Å²) in [6.45, 7) is 24.1. The summed E-state index contributed by atoms with van der Waals surface area (Å²) in [4.78, 5) is 29.2. The molecular weight excluding hydrogens is 1920 g/mol. The van der Waals surface area contributed by atoms with Crippen molar-refractivity contribution >= 4 is 132 Å². The van der Waals surface area contributed by atoms with E-state index in [4.69, 9.17) is 74.0 Å². The third-order valence-corrected chi connectivity index (χ3v) is 31.4. The van der Waals surface area contributed by atoms with E-state index in [9.17, 15) is 20.4 Å². The maximum Gasteiger partial charge on any atom is 0.253 e. The highest BCUT2D eigenvalue weighted by Gasteiger charge is 2.34. The van der Waals surface area contributed by atoms with Crippen LogP contribution in [0.2, 0.25) is 10.0 Å². The first-order valence-electron chi connectivity index (χ1n) is 50.9. The number of likely N-dealkylation sites (tertiary alicyclic amines) is 4. The standard InChI is InChI=1S/C31H32N2O4S.C31H34N2O4.C30H30N2O3S.C27H30Cl2N2O4/c1-20-17-32-31(37-20)30-16-27-28(4-3-5-29(27)38-30)36-19-25(34)18-33-12-10-21(11-13-33)22-6-7-24-15-26(35-2)9-8-23(24)14-22;1-31(2)20-36-30(32-31)29-17-26-27(8-5-9-28(26)37-29)35-19-25(34)18-33-14-12-22(13-15-33)24-11-10-21-6-3-4-7-23(21)16-24;1-20-17-31-30(35-20)29-16-26-27(7-4-8-28(26)36-29)34-19-25(33)18-32-13-11-22(12-14-32)24-10-9-21-5-2-3-6-23(21)15-24;1-27(2)16-34-26(30-27)25-13-20-23(4-3-5-24(20)35-25)33-15-19(32)14-31-10-8-17(9-11-31)18-6-7-21(28)22(29)12-18/h3-9,14-17,21,25,34H,10-13,18-19H2,1-2H3;3-11,16-17,22,25,34H,12-15,18-20H2,1-2H3;2-10,15-17,22,25,33H,11-14,18-19H2,1H3;3-7,12-13,17,19,32H,8-11,14-16H2,1-2H3/t3*25-;19-/m0000/s1. The van der Waals surface area contributed by atoms with Crippen LogP contribution in [-0.2, 0) is 9.47 Å². The number of aryl methyl sites for hydroxylation is 2. The smallest absolute Gasteiger partial charge is 0.253 e. The fourth-order valence-electron chi connectivity index (χ4n) is 20.7. The van der Waals surface area contributed by atoms with Crippen LogP contribution in [0.25, 0.3) is 96.0 Å². The first-order chi connectivity index (χ1) is 70.9. The first-order valence-corrected chi connectivity index (χ1v) is 53.3. The number of aliphatic hydroxyl groups is 4. The minimum absolute atomic E-state index is 0.205. The van der Waals surface area contributed by atoms with Crippen molar-refractivity contribution in [3.63, 3.8) is 0 Å². The Labute approximate surface area is 868 Å². The lowest BCUT2D eigenvalue weighted by Gasteiger charge is -2.33. The topological polar surface area (TPSA) is 262 Å². The van der Waals surface area contributed by atoms with Crippen LogP contribution in [0.1, 0.15) is 148 Å². The van der Waals surface area contributed by atoms with Gasteiger partial charge in [0.05, 0.1) is 61.2 Å². The van der Waals surface area contributed by atoms with Crippen LogP contribution in [0.5, 0.6) is 28.7 Å². The zero-order chi connectivity index (χ0) is 101. The van der Waals surface area contributed by atoms with E-state index in [2.05, 4.69) is 185 Å². The van der Waals surface area contributed by atoms with Crippen molar-refractivity contribution < 1.29 is 71.3 Å². The number of furan rings is 2. The molecule has 6 aromatic heterocycles. The minimum atomic E-state index is -0.596. The third kappa shape index (κ3) is 24.9. The molecule has 11 aromatic carbocycles. The molecule has 6 aliphatic rings. The van der Waals surface area contributed by atoms with Gasteiger partial charge in [-0.2, -0.15) is 0 Å². The average molecular weight is 2040 g/mol. The van der Waals surface area contributed by atoms with Gasteiger partial charge in [0.1, 0.15) is 115 Å². The van der Waals surface area contributed by atoms with Gasteiger partial charge in [0.2, 0.25) is 11.8 Å². The molecule has 0 bridgehead atoms. The van der Waals surface area contributed by atoms with Crippen LogP contribution < -0.4 is 23.7 Å². The van der Waals surface area contributed by atoms with Crippen molar-refractivity contribution in [3.05, 3.63) is 304 Å². The van der Waals surface area contributed by atoms with Crippen molar-refractivity contribution in [2.24, 2.45) is 9.98 Å². The highest BCUT2D eigenvalue weighted by Crippen LogP contribution is 2.44. The van der Waals surface area contributed by atoms with E-state index in [-0.39, 0.29) is 37.5 Å². The number of thiophene rings is 2. The van der Waals surface area contributed by atoms with Crippen LogP contribution in [0.4, 0.5) is 0 Å². The van der Waals surface area contributed by atoms with Crippen molar-refractivity contribution in [2.45, 2.75) is 152 Å². The highest BCUT2D eigenvalue weighted by atomic mass is 35.5. The molecule has 6 aliphatic heterocycles. The van der Waals surface area contributed by atoms with Gasteiger partial charge in [-0.25, -0.2) is 20.0 Å². The summed E-state index contributed by atoms with van der Waals surface area (Å²) in [5, 5.41) is 55.5. The third-order valence-electron chi connectivity index (χ3n) is 28.5. The Morgan fingerprint density at radius 3 is 1.05 bits per heavy atom. The second-order valence-electron chi connectivity index (χ2n) is 40.7. The lowest BCUT2D eigenvalue weighted by molar-refractivity contribution is 0.0598. The van der Waals surface area contributed by atoms with Crippen LogP contribution >= 0.6 is 45.9 Å². The number of hydrogen-bond donors (Lipinski definition) is 4. The van der Waals surface area contributed by atoms with Crippen LogP contribution in [0.3, 0.4) is 0 Å². The van der Waals surface area contributed by atoms with Crippen molar-refractivity contribution in [1.82, 2.24) is 29.6 Å². The molecule has 12 heterocycles. The summed E-state index contributed by atoms with van der Waals surface area (Å²) in [7, 11) is 1.70. The summed E-state index contributed by atoms with van der Waals surface area (Å²) in [5.41, 5.74) is 6.40. The van der Waals surface area contributed by atoms with Crippen LogP contribution in [-0.4, -0.2) is 223 Å². The summed E-state index contributed by atoms with van der Waals surface area (Å²) in [6, 6.07) is 81.0. The van der Waals surface area contributed by atoms with Gasteiger partial charge in [-0.05, 0) is 308 Å². The maximum atomic E-state index is 10.8. The van der Waals surface area contributed by atoms with E-state index < -0.39 is 24.4 Å². The van der Waals surface area contributed by atoms with Gasteiger partial charge in [-0.3, -0.25) is 0 Å². The summed E-state index contributed by atoms with van der Waals surface area (Å²) < 4.78 is 66.6. The summed E-state index contributed by atoms with van der Waals surface area (Å²) >= 11 is 15.5.